The van der Waals surface area contributed by atoms with Crippen LogP contribution in [0, 0.1) is 18.8 Å². The number of hydrogen-bond donors (Lipinski definition) is 2. The second-order valence-corrected chi connectivity index (χ2v) is 10.5. The monoisotopic (exact) mass is 532 g/mol. The lowest BCUT2D eigenvalue weighted by atomic mass is 9.75. The summed E-state index contributed by atoms with van der Waals surface area (Å²) in [6, 6.07) is 9.64. The standard InChI is InChI=1S/C29H36N6O4/c1-18-16-24(35(33-18)25-10-6-7-15-39-25)19-11-13-20(14-12-19)27(36)21-8-4-5-9-22(21)28(37)32-23-17-31-34(3)26(23)29(38)30-2/h11-14,16-17,21-22,25H,4-10,15H2,1-3H3,(H,30,38)(H,32,37)/t21-,22-,25?/m1/s1. The Bertz CT molecular complexity index is 1350. The highest BCUT2D eigenvalue weighted by Crippen LogP contribution is 2.35. The molecule has 0 spiro atoms. The van der Waals surface area contributed by atoms with Gasteiger partial charge in [0.1, 0.15) is 5.69 Å². The quantitative estimate of drug-likeness (QED) is 0.438. The summed E-state index contributed by atoms with van der Waals surface area (Å²) in [4.78, 5) is 39.3. The number of carbonyl (C=O) groups is 3. The van der Waals surface area contributed by atoms with Gasteiger partial charge in [-0.2, -0.15) is 10.2 Å². The Hall–Kier alpha value is -3.79. The van der Waals surface area contributed by atoms with Gasteiger partial charge in [-0.1, -0.05) is 37.1 Å². The summed E-state index contributed by atoms with van der Waals surface area (Å²) in [5.41, 5.74) is 4.07. The molecule has 1 aliphatic carbocycles. The molecule has 10 nitrogen and oxygen atoms in total. The van der Waals surface area contributed by atoms with E-state index in [0.29, 0.717) is 24.1 Å². The summed E-state index contributed by atoms with van der Waals surface area (Å²) in [5.74, 6) is -1.52. The summed E-state index contributed by atoms with van der Waals surface area (Å²) in [6.07, 6.45) is 7.55. The maximum atomic E-state index is 13.7. The number of carbonyl (C=O) groups excluding carboxylic acids is 3. The maximum absolute atomic E-state index is 13.7. The van der Waals surface area contributed by atoms with E-state index in [4.69, 9.17) is 4.74 Å². The molecule has 3 atom stereocenters. The van der Waals surface area contributed by atoms with Crippen LogP contribution in [0.15, 0.2) is 36.5 Å². The van der Waals surface area contributed by atoms with Gasteiger partial charge in [0.25, 0.3) is 5.91 Å². The Balaban J connectivity index is 1.33. The van der Waals surface area contributed by atoms with E-state index >= 15 is 0 Å². The Kier molecular flexibility index (Phi) is 7.92. The van der Waals surface area contributed by atoms with Crippen molar-refractivity contribution in [1.29, 1.82) is 0 Å². The lowest BCUT2D eigenvalue weighted by Crippen LogP contribution is -2.36. The largest absolute Gasteiger partial charge is 0.356 e. The molecule has 1 aliphatic heterocycles. The minimum Gasteiger partial charge on any atom is -0.356 e. The topological polar surface area (TPSA) is 120 Å². The van der Waals surface area contributed by atoms with Crippen molar-refractivity contribution in [2.75, 3.05) is 19.0 Å². The second kappa shape index (κ2) is 11.5. The van der Waals surface area contributed by atoms with E-state index in [2.05, 4.69) is 20.8 Å². The predicted octanol–water partition coefficient (Wildman–Crippen LogP) is 4.28. The van der Waals surface area contributed by atoms with E-state index in [-0.39, 0.29) is 29.5 Å². The van der Waals surface area contributed by atoms with Crippen molar-refractivity contribution in [2.45, 2.75) is 58.1 Å². The Morgan fingerprint density at radius 2 is 1.72 bits per heavy atom. The Morgan fingerprint density at radius 3 is 2.41 bits per heavy atom. The number of rotatable bonds is 7. The van der Waals surface area contributed by atoms with Gasteiger partial charge in [0.15, 0.2) is 12.0 Å². The van der Waals surface area contributed by atoms with Crippen LogP contribution in [0.2, 0.25) is 0 Å². The molecule has 2 aromatic heterocycles. The molecule has 2 amide bonds. The van der Waals surface area contributed by atoms with Crippen molar-refractivity contribution in [1.82, 2.24) is 24.9 Å². The zero-order valence-electron chi connectivity index (χ0n) is 22.8. The number of aromatic nitrogens is 4. The third kappa shape index (κ3) is 5.52. The lowest BCUT2D eigenvalue weighted by molar-refractivity contribution is -0.122. The van der Waals surface area contributed by atoms with E-state index < -0.39 is 11.8 Å². The van der Waals surface area contributed by atoms with Gasteiger partial charge >= 0.3 is 0 Å². The van der Waals surface area contributed by atoms with E-state index in [1.165, 1.54) is 17.9 Å². The highest BCUT2D eigenvalue weighted by atomic mass is 16.5. The number of Topliss-reactive ketones (excluding diaryl/α,β-unsaturated/α-hetero) is 1. The third-order valence-corrected chi connectivity index (χ3v) is 7.83. The number of amides is 2. The van der Waals surface area contributed by atoms with Crippen LogP contribution in [0.1, 0.15) is 77.7 Å². The highest BCUT2D eigenvalue weighted by Gasteiger charge is 2.37. The van der Waals surface area contributed by atoms with E-state index in [0.717, 1.165) is 55.7 Å². The van der Waals surface area contributed by atoms with Crippen LogP contribution >= 0.6 is 0 Å². The fourth-order valence-electron chi connectivity index (χ4n) is 5.79. The average molecular weight is 533 g/mol. The SMILES string of the molecule is CNC(=O)c1c(NC(=O)[C@@H]2CCCC[C@H]2C(=O)c2ccc(-c3cc(C)nn3C3CCCCO3)cc2)cnn1C. The fraction of sp³-hybridized carbons (Fsp3) is 0.483. The Morgan fingerprint density at radius 1 is 1.00 bits per heavy atom. The van der Waals surface area contributed by atoms with Crippen LogP contribution in [-0.4, -0.2) is 50.8 Å². The second-order valence-electron chi connectivity index (χ2n) is 10.5. The zero-order chi connectivity index (χ0) is 27.5. The molecule has 3 heterocycles. The molecule has 206 valence electrons. The fourth-order valence-corrected chi connectivity index (χ4v) is 5.79. The van der Waals surface area contributed by atoms with Crippen LogP contribution in [0.4, 0.5) is 5.69 Å². The molecule has 5 rings (SSSR count). The molecule has 10 heteroatoms. The number of ketones is 1. The number of nitrogens with zero attached hydrogens (tertiary/aromatic N) is 4. The first-order chi connectivity index (χ1) is 18.9. The minimum atomic E-state index is -0.476. The number of ether oxygens (including phenoxy) is 1. The van der Waals surface area contributed by atoms with Crippen molar-refractivity contribution in [3.63, 3.8) is 0 Å². The lowest BCUT2D eigenvalue weighted by Gasteiger charge is -2.29. The number of hydrogen-bond acceptors (Lipinski definition) is 6. The zero-order valence-corrected chi connectivity index (χ0v) is 22.8. The van der Waals surface area contributed by atoms with Gasteiger partial charge in [-0.3, -0.25) is 19.1 Å². The van der Waals surface area contributed by atoms with Gasteiger partial charge in [-0.15, -0.1) is 0 Å². The molecule has 0 radical (unpaired) electrons. The Labute approximate surface area is 228 Å². The maximum Gasteiger partial charge on any atom is 0.271 e. The first-order valence-electron chi connectivity index (χ1n) is 13.7. The van der Waals surface area contributed by atoms with Gasteiger partial charge in [0.05, 0.1) is 23.3 Å². The normalized spacial score (nSPS) is 21.4. The molecule has 1 saturated carbocycles. The molecular weight excluding hydrogens is 496 g/mol. The number of nitrogens with one attached hydrogen (secondary N) is 2. The third-order valence-electron chi connectivity index (χ3n) is 7.83. The highest BCUT2D eigenvalue weighted by molar-refractivity contribution is 6.05. The van der Waals surface area contributed by atoms with Gasteiger partial charge in [-0.25, -0.2) is 4.68 Å². The summed E-state index contributed by atoms with van der Waals surface area (Å²) >= 11 is 0. The molecular formula is C29H36N6O4. The number of anilines is 1. The van der Waals surface area contributed by atoms with E-state index in [1.54, 1.807) is 7.05 Å². The van der Waals surface area contributed by atoms with E-state index in [9.17, 15) is 14.4 Å². The molecule has 1 aromatic carbocycles. The summed E-state index contributed by atoms with van der Waals surface area (Å²) < 4.78 is 9.35. The van der Waals surface area contributed by atoms with Gasteiger partial charge < -0.3 is 15.4 Å². The molecule has 2 fully saturated rings. The van der Waals surface area contributed by atoms with Crippen LogP contribution in [0.3, 0.4) is 0 Å². The van der Waals surface area contributed by atoms with E-state index in [1.807, 2.05) is 41.9 Å². The summed E-state index contributed by atoms with van der Waals surface area (Å²) in [5, 5.41) is 14.2. The van der Waals surface area contributed by atoms with Crippen molar-refractivity contribution in [3.05, 3.63) is 53.5 Å². The van der Waals surface area contributed by atoms with Crippen molar-refractivity contribution < 1.29 is 19.1 Å². The molecule has 0 bridgehead atoms. The minimum absolute atomic E-state index is 0.0283. The van der Waals surface area contributed by atoms with Crippen LogP contribution in [0.25, 0.3) is 11.3 Å². The van der Waals surface area contributed by atoms with Gasteiger partial charge in [0.2, 0.25) is 5.91 Å². The van der Waals surface area contributed by atoms with Crippen molar-refractivity contribution >= 4 is 23.3 Å². The van der Waals surface area contributed by atoms with Gasteiger partial charge in [-0.05, 0) is 50.7 Å². The predicted molar refractivity (Wildman–Crippen MR) is 146 cm³/mol. The van der Waals surface area contributed by atoms with Crippen LogP contribution in [0.5, 0.6) is 0 Å². The first-order valence-corrected chi connectivity index (χ1v) is 13.7. The molecule has 3 aromatic rings. The molecule has 1 unspecified atom stereocenters. The summed E-state index contributed by atoms with van der Waals surface area (Å²) in [7, 11) is 3.17. The smallest absolute Gasteiger partial charge is 0.271 e. The number of aryl methyl sites for hydroxylation is 2. The molecule has 39 heavy (non-hydrogen) atoms. The van der Waals surface area contributed by atoms with Crippen molar-refractivity contribution in [2.24, 2.45) is 18.9 Å². The van der Waals surface area contributed by atoms with Gasteiger partial charge in [0, 0.05) is 38.1 Å². The van der Waals surface area contributed by atoms with Crippen LogP contribution < -0.4 is 10.6 Å². The average Bonchev–Trinajstić information content (AvgIpc) is 3.54. The van der Waals surface area contributed by atoms with Crippen molar-refractivity contribution in [3.8, 4) is 11.3 Å². The first kappa shape index (κ1) is 26.8. The molecule has 1 saturated heterocycles. The molecule has 2 N–H and O–H groups in total. The number of benzene rings is 1. The summed E-state index contributed by atoms with van der Waals surface area (Å²) in [6.45, 7) is 2.71. The van der Waals surface area contributed by atoms with Crippen LogP contribution in [-0.2, 0) is 16.6 Å². The molecule has 2 aliphatic rings.